The normalized spacial score (nSPS) is 11.4. The molecule has 0 aliphatic carbocycles. The molecule has 15 heteroatoms. The van der Waals surface area contributed by atoms with Crippen LogP contribution in [0, 0.1) is 0 Å². The minimum Gasteiger partial charge on any atom is -0.208 e. The van der Waals surface area contributed by atoms with Crippen LogP contribution in [0.1, 0.15) is 0 Å². The van der Waals surface area contributed by atoms with E-state index in [9.17, 15) is 0 Å². The predicted molar refractivity (Wildman–Crippen MR) is 239 cm³/mol. The van der Waals surface area contributed by atoms with Gasteiger partial charge in [0.05, 0.1) is 0 Å². The number of aromatic nitrogens is 3. The second-order valence-electron chi connectivity index (χ2n) is 12.8. The van der Waals surface area contributed by atoms with Crippen LogP contribution < -0.4 is 60.1 Å². The summed E-state index contributed by atoms with van der Waals surface area (Å²) < 4.78 is 1.05. The van der Waals surface area contributed by atoms with Crippen LogP contribution in [0.15, 0.2) is 84.9 Å². The van der Waals surface area contributed by atoms with E-state index in [1.54, 1.807) is 0 Å². The number of fused-ring (bicyclic) bond motifs is 3. The molecule has 3 nitrogen and oxygen atoms in total. The average Bonchev–Trinajstić information content (AvgIpc) is 3.60. The summed E-state index contributed by atoms with van der Waals surface area (Å²) in [5.41, 5.74) is 5.59. The Labute approximate surface area is 332 Å². The Hall–Kier alpha value is -4.74. The lowest BCUT2D eigenvalue weighted by Crippen LogP contribution is -2.48. The highest BCUT2D eigenvalue weighted by Crippen LogP contribution is 2.35. The Morgan fingerprint density at radius 2 is 0.685 bits per heavy atom. The van der Waals surface area contributed by atoms with E-state index in [0.717, 1.165) is 22.3 Å². The molecule has 0 aliphatic rings. The first-order chi connectivity index (χ1) is 25.9. The van der Waals surface area contributed by atoms with Gasteiger partial charge >= 0.3 is 0 Å². The second kappa shape index (κ2) is 13.8. The molecule has 224 valence electrons. The molecule has 8 rings (SSSR count). The molecule has 0 spiro atoms. The van der Waals surface area contributed by atoms with E-state index in [-0.39, 0.29) is 77.0 Å². The summed E-state index contributed by atoms with van der Waals surface area (Å²) >= 11 is 1.23. The largest absolute Gasteiger partial charge is 0.208 e. The summed E-state index contributed by atoms with van der Waals surface area (Å²) in [6, 6.07) is 27.4. The molecule has 6 aromatic carbocycles. The van der Waals surface area contributed by atoms with E-state index in [1.807, 2.05) is 84.9 Å². The maximum Gasteiger partial charge on any atom is 0.164 e. The van der Waals surface area contributed by atoms with Gasteiger partial charge in [0, 0.05) is 26.1 Å². The van der Waals surface area contributed by atoms with Crippen molar-refractivity contribution in [3.05, 3.63) is 84.9 Å². The molecule has 0 N–H and O–H groups in total. The Bertz CT molecular complexity index is 2830. The standard InChI is InChI=1S/C39H14B11N3S/c40-24-19(20-26(42)31(47)27(43)21-22-28(44)32(48)33(49)34(50)36(22)54-35(20)21)25(41)30(46)29(45)23(24)39-52-37(17-9-5-2-6-10-17)51-38(53-39)18-13-11-16(12-14-18)15-7-3-1-4-8-15/h1-14H. The zero-order valence-electron chi connectivity index (χ0n) is 28.7. The van der Waals surface area contributed by atoms with Crippen molar-refractivity contribution in [1.82, 2.24) is 15.0 Å². The fraction of sp³-hybridized carbons (Fsp3) is 0. The Morgan fingerprint density at radius 1 is 0.296 bits per heavy atom. The zero-order chi connectivity index (χ0) is 38.2. The van der Waals surface area contributed by atoms with Crippen LogP contribution in [0.25, 0.3) is 76.6 Å². The maximum absolute atomic E-state index is 7.10. The molecular formula is C39H14B11N3S. The summed E-state index contributed by atoms with van der Waals surface area (Å²) in [5, 5.41) is 0.925. The van der Waals surface area contributed by atoms with Crippen LogP contribution in [0.5, 0.6) is 0 Å². The third-order valence-electron chi connectivity index (χ3n) is 9.69. The molecule has 0 saturated heterocycles. The van der Waals surface area contributed by atoms with Gasteiger partial charge in [0.15, 0.2) is 17.5 Å². The molecule has 0 fully saturated rings. The molecule has 2 heterocycles. The van der Waals surface area contributed by atoms with Crippen LogP contribution in [0.4, 0.5) is 0 Å². The van der Waals surface area contributed by atoms with Crippen molar-refractivity contribution >= 4 is 178 Å². The molecule has 22 radical (unpaired) electrons. The highest BCUT2D eigenvalue weighted by atomic mass is 32.1. The third-order valence-corrected chi connectivity index (χ3v) is 10.9. The van der Waals surface area contributed by atoms with Crippen LogP contribution in [0.3, 0.4) is 0 Å². The van der Waals surface area contributed by atoms with Crippen LogP contribution >= 0.6 is 11.3 Å². The number of benzene rings is 6. The monoisotopic (exact) mass is 677 g/mol. The van der Waals surface area contributed by atoms with Gasteiger partial charge in [-0.05, 0) is 33.0 Å². The second-order valence-corrected chi connectivity index (χ2v) is 13.8. The van der Waals surface area contributed by atoms with Crippen molar-refractivity contribution < 1.29 is 0 Å². The molecule has 0 bridgehead atoms. The van der Waals surface area contributed by atoms with Crippen molar-refractivity contribution in [2.45, 2.75) is 0 Å². The fourth-order valence-corrected chi connectivity index (χ4v) is 8.12. The topological polar surface area (TPSA) is 38.7 Å². The van der Waals surface area contributed by atoms with Gasteiger partial charge in [-0.3, -0.25) is 0 Å². The fourth-order valence-electron chi connectivity index (χ4n) is 6.76. The minimum atomic E-state index is 0.0289. The highest BCUT2D eigenvalue weighted by molar-refractivity contribution is 7.28. The van der Waals surface area contributed by atoms with E-state index in [4.69, 9.17) is 101 Å². The smallest absolute Gasteiger partial charge is 0.164 e. The summed E-state index contributed by atoms with van der Waals surface area (Å²) in [6.07, 6.45) is 0. The summed E-state index contributed by atoms with van der Waals surface area (Å²) in [5.74, 6) is 0.902. The summed E-state index contributed by atoms with van der Waals surface area (Å²) in [6.45, 7) is 0. The number of hydrogen-bond acceptors (Lipinski definition) is 4. The van der Waals surface area contributed by atoms with E-state index >= 15 is 0 Å². The van der Waals surface area contributed by atoms with Gasteiger partial charge in [-0.25, -0.2) is 15.0 Å². The SMILES string of the molecule is [B]c1c([B])c(-c2nc(-c3ccccc3)nc(-c3ccc(-c4ccccc4)cc3)n2)c([B])c(-c2c([B])c([B])c([B])c3c2sc2c([B])c([B])c([B])c([B])c23)c1[B]. The van der Waals surface area contributed by atoms with Gasteiger partial charge in [0.25, 0.3) is 0 Å². The molecule has 54 heavy (non-hydrogen) atoms. The Morgan fingerprint density at radius 3 is 1.28 bits per heavy atom. The van der Waals surface area contributed by atoms with E-state index in [2.05, 4.69) is 0 Å². The molecular weight excluding hydrogens is 661 g/mol. The number of hydrogen-bond donors (Lipinski definition) is 0. The van der Waals surface area contributed by atoms with Crippen molar-refractivity contribution in [1.29, 1.82) is 0 Å². The average molecular weight is 676 g/mol. The maximum atomic E-state index is 7.10. The lowest BCUT2D eigenvalue weighted by molar-refractivity contribution is 1.08. The van der Waals surface area contributed by atoms with Gasteiger partial charge in [0.2, 0.25) is 0 Å². The van der Waals surface area contributed by atoms with Crippen LogP contribution in [-0.4, -0.2) is 101 Å². The van der Waals surface area contributed by atoms with E-state index in [1.165, 1.54) is 11.3 Å². The molecule has 0 atom stereocenters. The van der Waals surface area contributed by atoms with Gasteiger partial charge < -0.3 is 0 Å². The zero-order valence-corrected chi connectivity index (χ0v) is 29.5. The number of thiophene rings is 1. The van der Waals surface area contributed by atoms with E-state index in [0.29, 0.717) is 37.4 Å². The predicted octanol–water partition coefficient (Wildman–Crippen LogP) is -2.69. The Balaban J connectivity index is 1.41. The summed E-state index contributed by atoms with van der Waals surface area (Å²) in [7, 11) is 72.8. The van der Waals surface area contributed by atoms with Crippen molar-refractivity contribution in [3.63, 3.8) is 0 Å². The molecule has 0 saturated carbocycles. The summed E-state index contributed by atoms with van der Waals surface area (Å²) in [4.78, 5) is 14.6. The third kappa shape index (κ3) is 5.70. The molecule has 0 unspecified atom stereocenters. The van der Waals surface area contributed by atoms with Crippen molar-refractivity contribution in [3.8, 4) is 56.4 Å². The first-order valence-electron chi connectivity index (χ1n) is 16.6. The van der Waals surface area contributed by atoms with Gasteiger partial charge in [-0.2, -0.15) is 0 Å². The molecule has 2 aromatic heterocycles. The number of nitrogens with zero attached hydrogens (tertiary/aromatic N) is 3. The highest BCUT2D eigenvalue weighted by Gasteiger charge is 2.25. The van der Waals surface area contributed by atoms with Crippen molar-refractivity contribution in [2.24, 2.45) is 0 Å². The van der Waals surface area contributed by atoms with Gasteiger partial charge in [-0.15, -0.1) is 33.2 Å². The van der Waals surface area contributed by atoms with E-state index < -0.39 is 0 Å². The molecule has 0 aliphatic heterocycles. The van der Waals surface area contributed by atoms with Crippen LogP contribution in [0.2, 0.25) is 0 Å². The first kappa shape index (κ1) is 36.3. The van der Waals surface area contributed by atoms with Crippen molar-refractivity contribution in [2.75, 3.05) is 0 Å². The van der Waals surface area contributed by atoms with Crippen LogP contribution in [-0.2, 0) is 0 Å². The Kier molecular flexibility index (Phi) is 9.29. The van der Waals surface area contributed by atoms with Gasteiger partial charge in [-0.1, -0.05) is 123 Å². The quantitative estimate of drug-likeness (QED) is 0.187. The lowest BCUT2D eigenvalue weighted by atomic mass is 9.60. The molecule has 0 amide bonds. The minimum absolute atomic E-state index is 0.0289. The first-order valence-corrected chi connectivity index (χ1v) is 17.4. The number of rotatable bonds is 5. The van der Waals surface area contributed by atoms with Gasteiger partial charge in [0.1, 0.15) is 86.3 Å². The lowest BCUT2D eigenvalue weighted by Gasteiger charge is -2.25. The molecule has 8 aromatic rings.